The Morgan fingerprint density at radius 2 is 1.64 bits per heavy atom. The van der Waals surface area contributed by atoms with Crippen LogP contribution in [0.1, 0.15) is 46.0 Å². The van der Waals surface area contributed by atoms with Crippen LogP contribution < -0.4 is 15.5 Å². The number of ether oxygens (including phenoxy) is 1. The minimum atomic E-state index is -0.685. The van der Waals surface area contributed by atoms with Crippen molar-refractivity contribution in [1.29, 1.82) is 0 Å². The third kappa shape index (κ3) is 6.30. The number of nitrogens with zero attached hydrogens (tertiary/aromatic N) is 1. The highest BCUT2D eigenvalue weighted by atomic mass is 35.5. The molecule has 2 N–H and O–H groups in total. The van der Waals surface area contributed by atoms with Crippen molar-refractivity contribution in [3.63, 3.8) is 0 Å². The van der Waals surface area contributed by atoms with Crippen molar-refractivity contribution in [3.8, 4) is 0 Å². The number of carbonyl (C=O) groups is 4. The number of hydrogen-bond donors (Lipinski definition) is 2. The molecule has 0 aromatic heterocycles. The number of nitrogens with one attached hydrogen (secondary N) is 2. The van der Waals surface area contributed by atoms with E-state index in [1.165, 1.54) is 12.1 Å². The number of benzene rings is 3. The average molecular weight is 566 g/mol. The van der Waals surface area contributed by atoms with Gasteiger partial charge in [-0.1, -0.05) is 48.7 Å². The molecule has 0 fully saturated rings. The molecule has 0 saturated heterocycles. The molecule has 1 heterocycles. The van der Waals surface area contributed by atoms with E-state index >= 15 is 0 Å². The second-order valence-corrected chi connectivity index (χ2v) is 9.58. The number of amides is 3. The van der Waals surface area contributed by atoms with Gasteiger partial charge in [0, 0.05) is 22.0 Å². The van der Waals surface area contributed by atoms with Crippen molar-refractivity contribution in [2.45, 2.75) is 26.7 Å². The summed E-state index contributed by atoms with van der Waals surface area (Å²) < 4.78 is 5.19. The maximum atomic E-state index is 13.1. The van der Waals surface area contributed by atoms with Gasteiger partial charge in [-0.15, -0.1) is 0 Å². The molecule has 39 heavy (non-hydrogen) atoms. The lowest BCUT2D eigenvalue weighted by Gasteiger charge is -2.16. The van der Waals surface area contributed by atoms with Crippen molar-refractivity contribution < 1.29 is 23.9 Å². The molecular formula is C29H25Cl2N3O5. The Morgan fingerprint density at radius 3 is 2.33 bits per heavy atom. The summed E-state index contributed by atoms with van der Waals surface area (Å²) in [6.07, 6.45) is 1.72. The number of carbonyl (C=O) groups excluding carboxylic acids is 4. The van der Waals surface area contributed by atoms with Crippen LogP contribution in [0.2, 0.25) is 5.02 Å². The molecule has 4 rings (SSSR count). The minimum absolute atomic E-state index is 0.114. The number of esters is 1. The van der Waals surface area contributed by atoms with Gasteiger partial charge in [-0.05, 0) is 73.5 Å². The lowest BCUT2D eigenvalue weighted by molar-refractivity contribution is -0.120. The van der Waals surface area contributed by atoms with Crippen LogP contribution in [0.4, 0.5) is 17.1 Å². The summed E-state index contributed by atoms with van der Waals surface area (Å²) in [4.78, 5) is 51.7. The number of imide groups is 1. The van der Waals surface area contributed by atoms with E-state index in [9.17, 15) is 19.2 Å². The van der Waals surface area contributed by atoms with Gasteiger partial charge in [0.15, 0.2) is 0 Å². The van der Waals surface area contributed by atoms with Crippen molar-refractivity contribution >= 4 is 64.0 Å². The van der Waals surface area contributed by atoms with Crippen molar-refractivity contribution in [1.82, 2.24) is 0 Å². The molecule has 10 heteroatoms. The van der Waals surface area contributed by atoms with Crippen molar-refractivity contribution in [2.75, 3.05) is 22.1 Å². The van der Waals surface area contributed by atoms with Crippen LogP contribution in [-0.2, 0) is 14.3 Å². The topological polar surface area (TPSA) is 105 Å². The molecule has 0 unspecified atom stereocenters. The second-order valence-electron chi connectivity index (χ2n) is 8.79. The largest absolute Gasteiger partial charge is 0.462 e. The first-order valence-electron chi connectivity index (χ1n) is 12.2. The zero-order valence-electron chi connectivity index (χ0n) is 21.2. The molecule has 8 nitrogen and oxygen atoms in total. The highest BCUT2D eigenvalue weighted by Crippen LogP contribution is 2.32. The normalized spacial score (nSPS) is 13.1. The lowest BCUT2D eigenvalue weighted by atomic mass is 10.1. The minimum Gasteiger partial charge on any atom is -0.462 e. The smallest absolute Gasteiger partial charge is 0.338 e. The molecule has 1 aliphatic rings. The molecule has 3 amide bonds. The predicted octanol–water partition coefficient (Wildman–Crippen LogP) is 6.29. The monoisotopic (exact) mass is 565 g/mol. The van der Waals surface area contributed by atoms with Crippen molar-refractivity contribution in [3.05, 3.63) is 99.2 Å². The van der Waals surface area contributed by atoms with E-state index < -0.39 is 23.7 Å². The summed E-state index contributed by atoms with van der Waals surface area (Å²) >= 11 is 12.4. The third-order valence-corrected chi connectivity index (χ3v) is 6.70. The molecule has 0 aliphatic carbocycles. The van der Waals surface area contributed by atoms with Gasteiger partial charge < -0.3 is 15.4 Å². The third-order valence-electron chi connectivity index (χ3n) is 5.94. The number of rotatable bonds is 9. The van der Waals surface area contributed by atoms with Crippen LogP contribution in [0.3, 0.4) is 0 Å². The maximum absolute atomic E-state index is 13.1. The van der Waals surface area contributed by atoms with Gasteiger partial charge >= 0.3 is 5.97 Å². The predicted molar refractivity (Wildman–Crippen MR) is 151 cm³/mol. The Bertz CT molecular complexity index is 1480. The summed E-state index contributed by atoms with van der Waals surface area (Å²) in [5, 5.41) is 5.76. The van der Waals surface area contributed by atoms with E-state index in [1.807, 2.05) is 13.8 Å². The van der Waals surface area contributed by atoms with Gasteiger partial charge in [0.2, 0.25) is 0 Å². The number of aryl methyl sites for hydroxylation is 1. The van der Waals surface area contributed by atoms with E-state index in [4.69, 9.17) is 27.9 Å². The zero-order valence-corrected chi connectivity index (χ0v) is 22.7. The highest BCUT2D eigenvalue weighted by Gasteiger charge is 2.39. The van der Waals surface area contributed by atoms with Crippen LogP contribution in [-0.4, -0.2) is 30.3 Å². The summed E-state index contributed by atoms with van der Waals surface area (Å²) in [7, 11) is 0. The SMILES string of the molecule is CCCCOC(=O)c1ccc(NC(=O)c2cccc(NC3=C(Cl)C(=O)N(c4ccc(C)c(Cl)c4)C3=O)c2)cc1. The van der Waals surface area contributed by atoms with E-state index in [2.05, 4.69) is 10.6 Å². The van der Waals surface area contributed by atoms with Gasteiger partial charge in [-0.2, -0.15) is 0 Å². The Labute approximate surface area is 235 Å². The molecule has 0 radical (unpaired) electrons. The molecule has 0 bridgehead atoms. The molecule has 1 aliphatic heterocycles. The first kappa shape index (κ1) is 27.9. The van der Waals surface area contributed by atoms with Gasteiger partial charge in [0.1, 0.15) is 10.7 Å². The van der Waals surface area contributed by atoms with Crippen LogP contribution >= 0.6 is 23.2 Å². The quantitative estimate of drug-likeness (QED) is 0.179. The molecule has 0 saturated carbocycles. The van der Waals surface area contributed by atoms with Gasteiger partial charge in [0.05, 0.1) is 17.9 Å². The molecule has 3 aromatic carbocycles. The first-order valence-corrected chi connectivity index (χ1v) is 13.0. The average Bonchev–Trinajstić information content (AvgIpc) is 3.13. The molecule has 3 aromatic rings. The van der Waals surface area contributed by atoms with Crippen LogP contribution in [0, 0.1) is 6.92 Å². The number of anilines is 3. The number of unbranched alkanes of at least 4 members (excludes halogenated alkanes) is 1. The van der Waals surface area contributed by atoms with Crippen LogP contribution in [0.25, 0.3) is 0 Å². The highest BCUT2D eigenvalue weighted by molar-refractivity contribution is 6.53. The van der Waals surface area contributed by atoms with E-state index in [0.29, 0.717) is 39.8 Å². The van der Waals surface area contributed by atoms with Gasteiger partial charge in [-0.3, -0.25) is 14.4 Å². The Hall–Kier alpha value is -4.14. The fraction of sp³-hybridized carbons (Fsp3) is 0.172. The maximum Gasteiger partial charge on any atom is 0.338 e. The van der Waals surface area contributed by atoms with Crippen molar-refractivity contribution in [2.24, 2.45) is 0 Å². The summed E-state index contributed by atoms with van der Waals surface area (Å²) in [6.45, 7) is 4.18. The summed E-state index contributed by atoms with van der Waals surface area (Å²) in [5.74, 6) is -2.16. The second kappa shape index (κ2) is 12.1. The molecule has 200 valence electrons. The fourth-order valence-electron chi connectivity index (χ4n) is 3.73. The first-order chi connectivity index (χ1) is 18.7. The molecule has 0 atom stereocenters. The van der Waals surface area contributed by atoms with Gasteiger partial charge in [0.25, 0.3) is 17.7 Å². The van der Waals surface area contributed by atoms with E-state index in [1.54, 1.807) is 54.6 Å². The summed E-state index contributed by atoms with van der Waals surface area (Å²) in [6, 6.07) is 17.6. The molecular weight excluding hydrogens is 541 g/mol. The molecule has 0 spiro atoms. The fourth-order valence-corrected chi connectivity index (χ4v) is 4.12. The van der Waals surface area contributed by atoms with E-state index in [0.717, 1.165) is 23.3 Å². The van der Waals surface area contributed by atoms with Crippen LogP contribution in [0.5, 0.6) is 0 Å². The van der Waals surface area contributed by atoms with E-state index in [-0.39, 0.29) is 10.7 Å². The standard InChI is InChI=1S/C29H25Cl2N3O5/c1-3-4-14-39-29(38)18-9-11-20(12-10-18)33-26(35)19-6-5-7-21(15-19)32-25-24(31)27(36)34(28(25)37)22-13-8-17(2)23(30)16-22/h5-13,15-16,32H,3-4,14H2,1-2H3,(H,33,35). The Balaban J connectivity index is 1.44. The Morgan fingerprint density at radius 1 is 0.897 bits per heavy atom. The Kier molecular flexibility index (Phi) is 8.69. The summed E-state index contributed by atoms with van der Waals surface area (Å²) in [5.41, 5.74) is 2.52. The van der Waals surface area contributed by atoms with Crippen LogP contribution in [0.15, 0.2) is 77.5 Å². The number of hydrogen-bond acceptors (Lipinski definition) is 6. The van der Waals surface area contributed by atoms with Gasteiger partial charge in [-0.25, -0.2) is 9.69 Å². The lowest BCUT2D eigenvalue weighted by Crippen LogP contribution is -2.32. The number of halogens is 2. The zero-order chi connectivity index (χ0) is 28.1.